The second-order valence-electron chi connectivity index (χ2n) is 4.60. The smallest absolute Gasteiger partial charge is 0.209 e. The topological polar surface area (TPSA) is 46.2 Å². The maximum absolute atomic E-state index is 12.0. The molecular weight excluding hydrogens is 358 g/mol. The molecule has 0 aromatic carbocycles. The Kier molecular flexibility index (Phi) is 6.12. The van der Waals surface area contributed by atoms with Crippen LogP contribution in [0.15, 0.2) is 10.3 Å². The van der Waals surface area contributed by atoms with Crippen molar-refractivity contribution in [1.29, 1.82) is 0 Å². The lowest BCUT2D eigenvalue weighted by atomic mass is 10.1. The fourth-order valence-electron chi connectivity index (χ4n) is 1.43. The Bertz CT molecular complexity index is 480. The Hall–Kier alpha value is 0.380. The van der Waals surface area contributed by atoms with E-state index in [4.69, 9.17) is 11.6 Å². The minimum Gasteiger partial charge on any atom is -0.209 e. The summed E-state index contributed by atoms with van der Waals surface area (Å²) in [6.45, 7) is 6.38. The molecule has 0 spiro atoms. The zero-order valence-corrected chi connectivity index (χ0v) is 14.5. The molecule has 0 saturated carbocycles. The Balaban J connectivity index is 2.66. The molecule has 18 heavy (non-hydrogen) atoms. The minimum absolute atomic E-state index is 0.142. The van der Waals surface area contributed by atoms with E-state index in [1.807, 2.05) is 0 Å². The summed E-state index contributed by atoms with van der Waals surface area (Å²) in [4.78, 5) is 0.142. The number of thiophene rings is 1. The van der Waals surface area contributed by atoms with E-state index in [9.17, 15) is 8.42 Å². The highest BCUT2D eigenvalue weighted by molar-refractivity contribution is 9.09. The van der Waals surface area contributed by atoms with Crippen molar-refractivity contribution in [1.82, 2.24) is 4.72 Å². The van der Waals surface area contributed by atoms with Crippen molar-refractivity contribution in [3.05, 3.63) is 16.0 Å². The molecule has 0 aliphatic rings. The first kappa shape index (κ1) is 16.4. The zero-order chi connectivity index (χ0) is 13.9. The van der Waals surface area contributed by atoms with E-state index in [0.29, 0.717) is 16.8 Å². The Morgan fingerprint density at radius 2 is 2.11 bits per heavy atom. The first-order valence-electron chi connectivity index (χ1n) is 5.62. The van der Waals surface area contributed by atoms with Gasteiger partial charge in [0, 0.05) is 11.4 Å². The third kappa shape index (κ3) is 4.81. The van der Waals surface area contributed by atoms with Gasteiger partial charge in [-0.15, -0.1) is 11.3 Å². The molecule has 1 atom stereocenters. The lowest BCUT2D eigenvalue weighted by Gasteiger charge is -2.12. The number of hydrogen-bond donors (Lipinski definition) is 1. The van der Waals surface area contributed by atoms with Crippen LogP contribution in [0.4, 0.5) is 0 Å². The van der Waals surface area contributed by atoms with Crippen molar-refractivity contribution >= 4 is 48.9 Å². The van der Waals surface area contributed by atoms with Gasteiger partial charge in [0.1, 0.15) is 4.21 Å². The van der Waals surface area contributed by atoms with Crippen molar-refractivity contribution in [2.24, 2.45) is 5.92 Å². The van der Waals surface area contributed by atoms with E-state index in [-0.39, 0.29) is 9.04 Å². The second kappa shape index (κ2) is 6.70. The standard InChI is InChI=1S/C11H17BrClNO2S2/c1-7(2)4-9(12)6-14-18(15,16)10-5-8(3)11(13)17-10/h5,7,9,14H,4,6H2,1-3H3. The summed E-state index contributed by atoms with van der Waals surface area (Å²) < 4.78 is 27.4. The molecule has 1 aromatic rings. The molecular formula is C11H17BrClNO2S2. The minimum atomic E-state index is -3.44. The van der Waals surface area contributed by atoms with Gasteiger partial charge in [0.15, 0.2) is 0 Å². The van der Waals surface area contributed by atoms with Gasteiger partial charge in [0.05, 0.1) is 4.34 Å². The third-order valence-electron chi connectivity index (χ3n) is 2.32. The summed E-state index contributed by atoms with van der Waals surface area (Å²) in [6.07, 6.45) is 0.923. The van der Waals surface area contributed by atoms with Gasteiger partial charge in [0.25, 0.3) is 0 Å². The molecule has 0 aliphatic heterocycles. The highest BCUT2D eigenvalue weighted by Gasteiger charge is 2.19. The third-order valence-corrected chi connectivity index (χ3v) is 6.47. The average Bonchev–Trinajstić information content (AvgIpc) is 2.56. The van der Waals surface area contributed by atoms with Gasteiger partial charge in [-0.1, -0.05) is 41.4 Å². The first-order chi connectivity index (χ1) is 8.22. The number of alkyl halides is 1. The van der Waals surface area contributed by atoms with Crippen LogP contribution in [0.5, 0.6) is 0 Å². The molecule has 0 saturated heterocycles. The van der Waals surface area contributed by atoms with Crippen LogP contribution >= 0.6 is 38.9 Å². The summed E-state index contributed by atoms with van der Waals surface area (Å²) in [5.41, 5.74) is 0.791. The molecule has 3 nitrogen and oxygen atoms in total. The van der Waals surface area contributed by atoms with Crippen LogP contribution in [-0.2, 0) is 10.0 Å². The fraction of sp³-hybridized carbons (Fsp3) is 0.636. The fourth-order valence-corrected chi connectivity index (χ4v) is 5.39. The van der Waals surface area contributed by atoms with Crippen LogP contribution in [0.2, 0.25) is 4.34 Å². The largest absolute Gasteiger partial charge is 0.250 e. The predicted octanol–water partition coefficient (Wildman–Crippen LogP) is 3.80. The van der Waals surface area contributed by atoms with E-state index in [2.05, 4.69) is 34.5 Å². The number of sulfonamides is 1. The van der Waals surface area contributed by atoms with Crippen molar-refractivity contribution in [2.45, 2.75) is 36.2 Å². The van der Waals surface area contributed by atoms with Gasteiger partial charge < -0.3 is 0 Å². The first-order valence-corrected chi connectivity index (χ1v) is 9.21. The van der Waals surface area contributed by atoms with Crippen LogP contribution in [0.25, 0.3) is 0 Å². The monoisotopic (exact) mass is 373 g/mol. The van der Waals surface area contributed by atoms with E-state index in [1.54, 1.807) is 13.0 Å². The Labute approximate surface area is 126 Å². The molecule has 0 fully saturated rings. The molecule has 0 bridgehead atoms. The van der Waals surface area contributed by atoms with Gasteiger partial charge in [-0.2, -0.15) is 0 Å². The Morgan fingerprint density at radius 3 is 2.56 bits per heavy atom. The lowest BCUT2D eigenvalue weighted by molar-refractivity contribution is 0.552. The van der Waals surface area contributed by atoms with Gasteiger partial charge in [-0.05, 0) is 30.9 Å². The molecule has 0 aliphatic carbocycles. The van der Waals surface area contributed by atoms with E-state index >= 15 is 0 Å². The maximum atomic E-state index is 12.0. The average molecular weight is 375 g/mol. The van der Waals surface area contributed by atoms with Crippen LogP contribution in [0.1, 0.15) is 25.8 Å². The molecule has 1 N–H and O–H groups in total. The highest BCUT2D eigenvalue weighted by atomic mass is 79.9. The second-order valence-corrected chi connectivity index (χ2v) is 9.54. The lowest BCUT2D eigenvalue weighted by Crippen LogP contribution is -2.29. The molecule has 1 rings (SSSR count). The van der Waals surface area contributed by atoms with E-state index in [1.165, 1.54) is 0 Å². The van der Waals surface area contributed by atoms with Crippen LogP contribution in [0.3, 0.4) is 0 Å². The summed E-state index contributed by atoms with van der Waals surface area (Å²) in [5, 5.41) is 0. The summed E-state index contributed by atoms with van der Waals surface area (Å²) in [6, 6.07) is 1.60. The van der Waals surface area contributed by atoms with Gasteiger partial charge in [-0.3, -0.25) is 0 Å². The maximum Gasteiger partial charge on any atom is 0.250 e. The zero-order valence-electron chi connectivity index (χ0n) is 10.5. The Morgan fingerprint density at radius 1 is 1.50 bits per heavy atom. The van der Waals surface area contributed by atoms with Crippen LogP contribution in [-0.4, -0.2) is 19.8 Å². The van der Waals surface area contributed by atoms with Crippen molar-refractivity contribution in [2.75, 3.05) is 6.54 Å². The summed E-state index contributed by atoms with van der Waals surface area (Å²) in [5.74, 6) is 0.525. The van der Waals surface area contributed by atoms with Crippen molar-refractivity contribution in [3.63, 3.8) is 0 Å². The van der Waals surface area contributed by atoms with Gasteiger partial charge in [0.2, 0.25) is 10.0 Å². The number of halogens is 2. The summed E-state index contributed by atoms with van der Waals surface area (Å²) in [7, 11) is -3.44. The molecule has 1 heterocycles. The van der Waals surface area contributed by atoms with E-state index in [0.717, 1.165) is 23.3 Å². The quantitative estimate of drug-likeness (QED) is 0.770. The predicted molar refractivity (Wildman–Crippen MR) is 81.4 cm³/mol. The van der Waals surface area contributed by atoms with Crippen molar-refractivity contribution < 1.29 is 8.42 Å². The molecule has 1 unspecified atom stereocenters. The van der Waals surface area contributed by atoms with Crippen molar-refractivity contribution in [3.8, 4) is 0 Å². The highest BCUT2D eigenvalue weighted by Crippen LogP contribution is 2.30. The molecule has 104 valence electrons. The van der Waals surface area contributed by atoms with E-state index < -0.39 is 10.0 Å². The van der Waals surface area contributed by atoms with Gasteiger partial charge in [-0.25, -0.2) is 13.1 Å². The number of rotatable bonds is 6. The van der Waals surface area contributed by atoms with Gasteiger partial charge >= 0.3 is 0 Å². The normalized spacial score (nSPS) is 14.1. The SMILES string of the molecule is Cc1cc(S(=O)(=O)NCC(Br)CC(C)C)sc1Cl. The van der Waals surface area contributed by atoms with Crippen LogP contribution < -0.4 is 4.72 Å². The van der Waals surface area contributed by atoms with Crippen LogP contribution in [0, 0.1) is 12.8 Å². The number of nitrogens with one attached hydrogen (secondary N) is 1. The summed E-state index contributed by atoms with van der Waals surface area (Å²) >= 11 is 10.4. The number of aryl methyl sites for hydroxylation is 1. The number of hydrogen-bond acceptors (Lipinski definition) is 3. The molecule has 7 heteroatoms. The molecule has 0 radical (unpaired) electrons. The molecule has 1 aromatic heterocycles. The molecule has 0 amide bonds.